The second-order valence-electron chi connectivity index (χ2n) is 3.17. The topological polar surface area (TPSA) is 59.7 Å². The van der Waals surface area contributed by atoms with E-state index in [1.165, 1.54) is 13.2 Å². The van der Waals surface area contributed by atoms with Crippen LogP contribution in [0.15, 0.2) is 40.8 Å². The molecule has 0 aliphatic carbocycles. The Kier molecular flexibility index (Phi) is 2.64. The molecule has 0 fully saturated rings. The average molecular weight is 218 g/mol. The molecule has 0 amide bonds. The highest BCUT2D eigenvalue weighted by molar-refractivity contribution is 5.87. The molecule has 82 valence electrons. The Hall–Kier alpha value is -2.23. The third kappa shape index (κ3) is 1.77. The van der Waals surface area contributed by atoms with E-state index < -0.39 is 5.97 Å². The van der Waals surface area contributed by atoms with Crippen molar-refractivity contribution in [1.82, 2.24) is 0 Å². The third-order valence-corrected chi connectivity index (χ3v) is 2.16. The highest BCUT2D eigenvalue weighted by atomic mass is 16.5. The number of carbonyl (C=O) groups is 1. The molecule has 16 heavy (non-hydrogen) atoms. The fourth-order valence-corrected chi connectivity index (χ4v) is 1.37. The third-order valence-electron chi connectivity index (χ3n) is 2.16. The van der Waals surface area contributed by atoms with Crippen LogP contribution in [0, 0.1) is 0 Å². The first-order valence-corrected chi connectivity index (χ1v) is 4.69. The van der Waals surface area contributed by atoms with E-state index in [2.05, 4.69) is 4.74 Å². The van der Waals surface area contributed by atoms with Gasteiger partial charge < -0.3 is 14.3 Å². The van der Waals surface area contributed by atoms with Crippen molar-refractivity contribution in [1.29, 1.82) is 0 Å². The molecule has 0 spiro atoms. The summed E-state index contributed by atoms with van der Waals surface area (Å²) in [6, 6.07) is 9.86. The van der Waals surface area contributed by atoms with Crippen molar-refractivity contribution in [3.8, 4) is 17.1 Å². The second-order valence-corrected chi connectivity index (χ2v) is 3.17. The smallest absolute Gasteiger partial charge is 0.373 e. The van der Waals surface area contributed by atoms with Gasteiger partial charge in [0.25, 0.3) is 0 Å². The van der Waals surface area contributed by atoms with Crippen LogP contribution < -0.4 is 0 Å². The fraction of sp³-hybridized carbons (Fsp3) is 0.0833. The van der Waals surface area contributed by atoms with Crippen molar-refractivity contribution in [2.24, 2.45) is 0 Å². The molecule has 1 N–H and O–H groups in total. The van der Waals surface area contributed by atoms with Gasteiger partial charge in [-0.05, 0) is 24.3 Å². The normalized spacial score (nSPS) is 10.1. The van der Waals surface area contributed by atoms with Crippen LogP contribution in [0.5, 0.6) is 5.75 Å². The highest BCUT2D eigenvalue weighted by Crippen LogP contribution is 2.30. The maximum absolute atomic E-state index is 11.2. The van der Waals surface area contributed by atoms with Crippen molar-refractivity contribution in [3.05, 3.63) is 42.2 Å². The van der Waals surface area contributed by atoms with Crippen molar-refractivity contribution in [2.75, 3.05) is 7.11 Å². The molecule has 0 unspecified atom stereocenters. The van der Waals surface area contributed by atoms with E-state index >= 15 is 0 Å². The molecule has 0 atom stereocenters. The van der Waals surface area contributed by atoms with Crippen LogP contribution >= 0.6 is 0 Å². The Labute approximate surface area is 92.1 Å². The predicted molar refractivity (Wildman–Crippen MR) is 57.1 cm³/mol. The lowest BCUT2D eigenvalue weighted by Gasteiger charge is -1.99. The van der Waals surface area contributed by atoms with Gasteiger partial charge in [-0.15, -0.1) is 0 Å². The van der Waals surface area contributed by atoms with Crippen molar-refractivity contribution in [2.45, 2.75) is 0 Å². The number of hydrogen-bond acceptors (Lipinski definition) is 4. The minimum Gasteiger partial charge on any atom is -0.507 e. The van der Waals surface area contributed by atoms with E-state index in [-0.39, 0.29) is 11.5 Å². The van der Waals surface area contributed by atoms with Gasteiger partial charge in [0.1, 0.15) is 11.5 Å². The van der Waals surface area contributed by atoms with Crippen molar-refractivity contribution < 1.29 is 19.1 Å². The monoisotopic (exact) mass is 218 g/mol. The summed E-state index contributed by atoms with van der Waals surface area (Å²) in [5.74, 6) is 0.106. The van der Waals surface area contributed by atoms with Crippen LogP contribution in [0.1, 0.15) is 10.6 Å². The summed E-state index contributed by atoms with van der Waals surface area (Å²) in [6.07, 6.45) is 0. The summed E-state index contributed by atoms with van der Waals surface area (Å²) < 4.78 is 9.79. The Bertz CT molecular complexity index is 513. The number of benzene rings is 1. The first-order chi connectivity index (χ1) is 7.72. The summed E-state index contributed by atoms with van der Waals surface area (Å²) in [4.78, 5) is 11.2. The van der Waals surface area contributed by atoms with Crippen LogP contribution in [-0.2, 0) is 4.74 Å². The lowest BCUT2D eigenvalue weighted by molar-refractivity contribution is 0.0566. The van der Waals surface area contributed by atoms with E-state index in [1.54, 1.807) is 30.3 Å². The highest BCUT2D eigenvalue weighted by Gasteiger charge is 2.13. The lowest BCUT2D eigenvalue weighted by atomic mass is 10.1. The Balaban J connectivity index is 2.39. The zero-order valence-corrected chi connectivity index (χ0v) is 8.64. The molecule has 0 bridgehead atoms. The lowest BCUT2D eigenvalue weighted by Crippen LogP contribution is -1.98. The zero-order chi connectivity index (χ0) is 11.5. The molecule has 4 nitrogen and oxygen atoms in total. The van der Waals surface area contributed by atoms with Gasteiger partial charge in [-0.3, -0.25) is 0 Å². The molecule has 0 aliphatic heterocycles. The van der Waals surface area contributed by atoms with E-state index in [1.807, 2.05) is 0 Å². The first-order valence-electron chi connectivity index (χ1n) is 4.69. The van der Waals surface area contributed by atoms with Crippen LogP contribution in [0.3, 0.4) is 0 Å². The summed E-state index contributed by atoms with van der Waals surface area (Å²) >= 11 is 0. The van der Waals surface area contributed by atoms with Crippen LogP contribution in [-0.4, -0.2) is 18.2 Å². The van der Waals surface area contributed by atoms with Crippen LogP contribution in [0.25, 0.3) is 11.3 Å². The molecule has 2 rings (SSSR count). The van der Waals surface area contributed by atoms with Gasteiger partial charge in [0.05, 0.1) is 12.7 Å². The predicted octanol–water partition coefficient (Wildman–Crippen LogP) is 2.44. The van der Waals surface area contributed by atoms with Crippen LogP contribution in [0.2, 0.25) is 0 Å². The number of rotatable bonds is 2. The van der Waals surface area contributed by atoms with Gasteiger partial charge in [0, 0.05) is 0 Å². The molecule has 1 aromatic carbocycles. The second kappa shape index (κ2) is 4.10. The molecular formula is C12H10O4. The average Bonchev–Trinajstić information content (AvgIpc) is 2.78. The van der Waals surface area contributed by atoms with E-state index in [9.17, 15) is 9.90 Å². The van der Waals surface area contributed by atoms with E-state index in [4.69, 9.17) is 4.42 Å². The molecule has 1 heterocycles. The molecule has 1 aromatic heterocycles. The number of furan rings is 1. The van der Waals surface area contributed by atoms with Gasteiger partial charge in [0.15, 0.2) is 0 Å². The van der Waals surface area contributed by atoms with Gasteiger partial charge in [-0.25, -0.2) is 4.79 Å². The number of para-hydroxylation sites is 1. The Morgan fingerprint density at radius 1 is 1.25 bits per heavy atom. The van der Waals surface area contributed by atoms with Crippen molar-refractivity contribution >= 4 is 5.97 Å². The molecule has 0 saturated carbocycles. The molecule has 0 aliphatic rings. The number of methoxy groups -OCH3 is 1. The SMILES string of the molecule is COC(=O)c1ccc(-c2ccccc2O)o1. The molecule has 2 aromatic rings. The number of esters is 1. The summed E-state index contributed by atoms with van der Waals surface area (Å²) in [5, 5.41) is 9.59. The largest absolute Gasteiger partial charge is 0.507 e. The zero-order valence-electron chi connectivity index (χ0n) is 8.64. The number of ether oxygens (including phenoxy) is 1. The van der Waals surface area contributed by atoms with Crippen LogP contribution in [0.4, 0.5) is 0 Å². The molecule has 4 heteroatoms. The van der Waals surface area contributed by atoms with Gasteiger partial charge in [-0.1, -0.05) is 12.1 Å². The van der Waals surface area contributed by atoms with Gasteiger partial charge in [0.2, 0.25) is 5.76 Å². The molecule has 0 radical (unpaired) electrons. The number of aromatic hydroxyl groups is 1. The fourth-order valence-electron chi connectivity index (χ4n) is 1.37. The maximum atomic E-state index is 11.2. The minimum absolute atomic E-state index is 0.105. The number of phenolic OH excluding ortho intramolecular Hbond substituents is 1. The quantitative estimate of drug-likeness (QED) is 0.786. The number of hydrogen-bond donors (Lipinski definition) is 1. The first kappa shape index (κ1) is 10.3. The standard InChI is InChI=1S/C12H10O4/c1-15-12(14)11-7-6-10(16-11)8-4-2-3-5-9(8)13/h2-7,13H,1H3. The summed E-state index contributed by atoms with van der Waals surface area (Å²) in [5.41, 5.74) is 0.539. The Morgan fingerprint density at radius 3 is 2.69 bits per heavy atom. The summed E-state index contributed by atoms with van der Waals surface area (Å²) in [7, 11) is 1.28. The Morgan fingerprint density at radius 2 is 2.00 bits per heavy atom. The van der Waals surface area contributed by atoms with E-state index in [0.29, 0.717) is 11.3 Å². The van der Waals surface area contributed by atoms with Gasteiger partial charge in [-0.2, -0.15) is 0 Å². The number of phenols is 1. The van der Waals surface area contributed by atoms with E-state index in [0.717, 1.165) is 0 Å². The number of carbonyl (C=O) groups excluding carboxylic acids is 1. The molecular weight excluding hydrogens is 208 g/mol. The maximum Gasteiger partial charge on any atom is 0.373 e. The van der Waals surface area contributed by atoms with Crippen molar-refractivity contribution in [3.63, 3.8) is 0 Å². The van der Waals surface area contributed by atoms with Gasteiger partial charge >= 0.3 is 5.97 Å². The summed E-state index contributed by atoms with van der Waals surface area (Å²) in [6.45, 7) is 0. The molecule has 0 saturated heterocycles. The minimum atomic E-state index is -0.540.